The van der Waals surface area contributed by atoms with Crippen molar-refractivity contribution in [1.82, 2.24) is 14.9 Å². The zero-order valence-electron chi connectivity index (χ0n) is 15.0. The SMILES string of the molecule is CCc1ccccc1NC(=O)c1nc(C(=O)NC2CC2)n2c1CCCC2. The lowest BCUT2D eigenvalue weighted by Gasteiger charge is -2.17. The normalized spacial score (nSPS) is 16.0. The lowest BCUT2D eigenvalue weighted by molar-refractivity contribution is 0.0935. The van der Waals surface area contributed by atoms with Crippen molar-refractivity contribution in [3.8, 4) is 0 Å². The van der Waals surface area contributed by atoms with E-state index in [1.54, 1.807) is 0 Å². The Balaban J connectivity index is 1.63. The Morgan fingerprint density at radius 1 is 1.19 bits per heavy atom. The van der Waals surface area contributed by atoms with Crippen molar-refractivity contribution in [3.05, 3.63) is 47.0 Å². The molecule has 1 aromatic carbocycles. The Bertz CT molecular complexity index is 851. The van der Waals surface area contributed by atoms with E-state index in [9.17, 15) is 9.59 Å². The van der Waals surface area contributed by atoms with E-state index in [1.165, 1.54) is 0 Å². The number of anilines is 1. The third kappa shape index (κ3) is 3.23. The predicted molar refractivity (Wildman–Crippen MR) is 99.4 cm³/mol. The molecule has 1 saturated carbocycles. The highest BCUT2D eigenvalue weighted by atomic mass is 16.2. The highest BCUT2D eigenvalue weighted by molar-refractivity contribution is 6.05. The topological polar surface area (TPSA) is 76.0 Å². The van der Waals surface area contributed by atoms with Gasteiger partial charge < -0.3 is 15.2 Å². The average Bonchev–Trinajstić information content (AvgIpc) is 3.38. The van der Waals surface area contributed by atoms with Crippen LogP contribution in [0.25, 0.3) is 0 Å². The summed E-state index contributed by atoms with van der Waals surface area (Å²) in [6.07, 6.45) is 5.70. The zero-order chi connectivity index (χ0) is 18.1. The van der Waals surface area contributed by atoms with Gasteiger partial charge in [-0.05, 0) is 50.2 Å². The molecule has 2 heterocycles. The number of hydrogen-bond donors (Lipinski definition) is 2. The molecule has 0 radical (unpaired) electrons. The van der Waals surface area contributed by atoms with Crippen molar-refractivity contribution in [2.75, 3.05) is 5.32 Å². The number of imidazole rings is 1. The summed E-state index contributed by atoms with van der Waals surface area (Å²) in [6, 6.07) is 8.05. The maximum Gasteiger partial charge on any atom is 0.287 e. The molecular formula is C20H24N4O2. The van der Waals surface area contributed by atoms with Gasteiger partial charge in [0.1, 0.15) is 0 Å². The number of fused-ring (bicyclic) bond motifs is 1. The van der Waals surface area contributed by atoms with Crippen LogP contribution in [-0.4, -0.2) is 27.4 Å². The molecule has 4 rings (SSSR count). The number of aromatic nitrogens is 2. The summed E-state index contributed by atoms with van der Waals surface area (Å²) in [7, 11) is 0. The Morgan fingerprint density at radius 3 is 2.77 bits per heavy atom. The third-order valence-corrected chi connectivity index (χ3v) is 5.10. The molecule has 2 aromatic rings. The molecule has 136 valence electrons. The fraction of sp³-hybridized carbons (Fsp3) is 0.450. The molecule has 1 aliphatic carbocycles. The largest absolute Gasteiger partial charge is 0.347 e. The first-order valence-corrected chi connectivity index (χ1v) is 9.47. The van der Waals surface area contributed by atoms with Gasteiger partial charge in [-0.3, -0.25) is 9.59 Å². The van der Waals surface area contributed by atoms with Gasteiger partial charge in [-0.2, -0.15) is 0 Å². The fourth-order valence-corrected chi connectivity index (χ4v) is 3.51. The molecule has 0 spiro atoms. The van der Waals surface area contributed by atoms with E-state index in [2.05, 4.69) is 22.5 Å². The van der Waals surface area contributed by atoms with Crippen LogP contribution in [0.4, 0.5) is 5.69 Å². The summed E-state index contributed by atoms with van der Waals surface area (Å²) in [4.78, 5) is 29.9. The van der Waals surface area contributed by atoms with E-state index in [0.29, 0.717) is 11.5 Å². The number of carbonyl (C=O) groups is 2. The van der Waals surface area contributed by atoms with E-state index < -0.39 is 0 Å². The summed E-state index contributed by atoms with van der Waals surface area (Å²) in [5, 5.41) is 5.97. The molecular weight excluding hydrogens is 328 g/mol. The second-order valence-corrected chi connectivity index (χ2v) is 7.05. The van der Waals surface area contributed by atoms with Crippen LogP contribution in [0.5, 0.6) is 0 Å². The van der Waals surface area contributed by atoms with Crippen LogP contribution in [0.3, 0.4) is 0 Å². The van der Waals surface area contributed by atoms with Gasteiger partial charge in [-0.25, -0.2) is 4.98 Å². The maximum absolute atomic E-state index is 12.9. The molecule has 6 nitrogen and oxygen atoms in total. The Labute approximate surface area is 153 Å². The van der Waals surface area contributed by atoms with Crippen molar-refractivity contribution < 1.29 is 9.59 Å². The van der Waals surface area contributed by atoms with Gasteiger partial charge >= 0.3 is 0 Å². The second kappa shape index (κ2) is 6.94. The molecule has 1 aliphatic heterocycles. The molecule has 1 fully saturated rings. The molecule has 2 aliphatic rings. The molecule has 1 aromatic heterocycles. The van der Waals surface area contributed by atoms with E-state index in [0.717, 1.165) is 62.0 Å². The summed E-state index contributed by atoms with van der Waals surface area (Å²) in [5.41, 5.74) is 3.15. The fourth-order valence-electron chi connectivity index (χ4n) is 3.51. The van der Waals surface area contributed by atoms with Gasteiger partial charge in [-0.15, -0.1) is 0 Å². The Morgan fingerprint density at radius 2 is 2.00 bits per heavy atom. The number of benzene rings is 1. The van der Waals surface area contributed by atoms with Crippen LogP contribution in [0.15, 0.2) is 24.3 Å². The lowest BCUT2D eigenvalue weighted by Crippen LogP contribution is -2.29. The van der Waals surface area contributed by atoms with Gasteiger partial charge in [0.2, 0.25) is 0 Å². The first-order chi connectivity index (χ1) is 12.7. The molecule has 0 bridgehead atoms. The maximum atomic E-state index is 12.9. The van der Waals surface area contributed by atoms with Crippen LogP contribution in [0.1, 0.15) is 65.0 Å². The monoisotopic (exact) mass is 352 g/mol. The Kier molecular flexibility index (Phi) is 4.49. The van der Waals surface area contributed by atoms with E-state index in [4.69, 9.17) is 0 Å². The number of nitrogens with one attached hydrogen (secondary N) is 2. The molecule has 26 heavy (non-hydrogen) atoms. The number of amides is 2. The van der Waals surface area contributed by atoms with Gasteiger partial charge in [0, 0.05) is 18.3 Å². The third-order valence-electron chi connectivity index (χ3n) is 5.10. The van der Waals surface area contributed by atoms with Crippen molar-refractivity contribution in [2.45, 2.75) is 58.0 Å². The average molecular weight is 352 g/mol. The smallest absolute Gasteiger partial charge is 0.287 e. The molecule has 2 N–H and O–H groups in total. The summed E-state index contributed by atoms with van der Waals surface area (Å²) in [5.74, 6) is -0.0220. The molecule has 0 atom stereocenters. The van der Waals surface area contributed by atoms with E-state index in [1.807, 2.05) is 28.8 Å². The second-order valence-electron chi connectivity index (χ2n) is 7.05. The first-order valence-electron chi connectivity index (χ1n) is 9.47. The number of rotatable bonds is 5. The summed E-state index contributed by atoms with van der Waals surface area (Å²) < 4.78 is 1.93. The molecule has 0 unspecified atom stereocenters. The van der Waals surface area contributed by atoms with Crippen molar-refractivity contribution in [2.24, 2.45) is 0 Å². The van der Waals surface area contributed by atoms with Gasteiger partial charge in [0.25, 0.3) is 11.8 Å². The van der Waals surface area contributed by atoms with Crippen LogP contribution >= 0.6 is 0 Å². The zero-order valence-corrected chi connectivity index (χ0v) is 15.0. The molecule has 0 saturated heterocycles. The van der Waals surface area contributed by atoms with Gasteiger partial charge in [0.15, 0.2) is 11.5 Å². The first kappa shape index (κ1) is 16.8. The van der Waals surface area contributed by atoms with E-state index in [-0.39, 0.29) is 17.9 Å². The number of hydrogen-bond acceptors (Lipinski definition) is 3. The van der Waals surface area contributed by atoms with Gasteiger partial charge in [0.05, 0.1) is 5.69 Å². The number of nitrogens with zero attached hydrogens (tertiary/aromatic N) is 2. The quantitative estimate of drug-likeness (QED) is 0.869. The van der Waals surface area contributed by atoms with Crippen LogP contribution in [0.2, 0.25) is 0 Å². The standard InChI is InChI=1S/C20H24N4O2/c1-2-13-7-3-4-8-15(13)22-19(25)17-16-9-5-6-12-24(16)18(23-17)20(26)21-14-10-11-14/h3-4,7-8,14H,2,5-6,9-12H2,1H3,(H,21,26)(H,22,25). The minimum atomic E-state index is -0.234. The lowest BCUT2D eigenvalue weighted by atomic mass is 10.1. The summed E-state index contributed by atoms with van der Waals surface area (Å²) >= 11 is 0. The minimum Gasteiger partial charge on any atom is -0.347 e. The van der Waals surface area contributed by atoms with E-state index >= 15 is 0 Å². The number of aryl methyl sites for hydroxylation is 1. The van der Waals surface area contributed by atoms with Crippen LogP contribution < -0.4 is 10.6 Å². The minimum absolute atomic E-state index is 0.163. The highest BCUT2D eigenvalue weighted by Crippen LogP contribution is 2.24. The van der Waals surface area contributed by atoms with Gasteiger partial charge in [-0.1, -0.05) is 25.1 Å². The van der Waals surface area contributed by atoms with Crippen molar-refractivity contribution >= 4 is 17.5 Å². The van der Waals surface area contributed by atoms with Crippen LogP contribution in [-0.2, 0) is 19.4 Å². The number of carbonyl (C=O) groups excluding carboxylic acids is 2. The molecule has 2 amide bonds. The number of para-hydroxylation sites is 1. The van der Waals surface area contributed by atoms with Crippen molar-refractivity contribution in [1.29, 1.82) is 0 Å². The molecule has 6 heteroatoms. The van der Waals surface area contributed by atoms with Crippen LogP contribution in [0, 0.1) is 0 Å². The highest BCUT2D eigenvalue weighted by Gasteiger charge is 2.30. The Hall–Kier alpha value is -2.63. The predicted octanol–water partition coefficient (Wildman–Crippen LogP) is 2.93. The van der Waals surface area contributed by atoms with Crippen molar-refractivity contribution in [3.63, 3.8) is 0 Å². The summed E-state index contributed by atoms with van der Waals surface area (Å²) in [6.45, 7) is 2.80.